The molecule has 32 heavy (non-hydrogen) atoms. The summed E-state index contributed by atoms with van der Waals surface area (Å²) in [6, 6.07) is 20.8. The number of anilines is 1. The van der Waals surface area contributed by atoms with Crippen molar-refractivity contribution < 1.29 is 17.9 Å². The molecular formula is C23H23ClN2O4S2. The zero-order chi connectivity index (χ0) is 23.1. The molecule has 0 unspecified atom stereocenters. The average molecular weight is 491 g/mol. The lowest BCUT2D eigenvalue weighted by molar-refractivity contribution is -0.116. The van der Waals surface area contributed by atoms with Gasteiger partial charge in [0, 0.05) is 16.5 Å². The first-order valence-corrected chi connectivity index (χ1v) is 12.7. The fraction of sp³-hybridized carbons (Fsp3) is 0.174. The molecule has 0 aliphatic rings. The number of benzene rings is 3. The van der Waals surface area contributed by atoms with Crippen LogP contribution in [0.25, 0.3) is 0 Å². The summed E-state index contributed by atoms with van der Waals surface area (Å²) in [7, 11) is -2.72. The standard InChI is InChI=1S/C23H23ClN2O4S2/c1-30-20-13-12-18(24)14-22(20)32(28,29)26(15-17-8-4-3-5-9-17)16-23(27)25-19-10-6-7-11-21(19)31-2/h3-14H,15-16H2,1-2H3,(H,25,27). The molecule has 0 saturated carbocycles. The highest BCUT2D eigenvalue weighted by Crippen LogP contribution is 2.31. The molecule has 0 aromatic heterocycles. The van der Waals surface area contributed by atoms with E-state index in [0.717, 1.165) is 14.8 Å². The number of sulfonamides is 1. The SMILES string of the molecule is COc1ccc(Cl)cc1S(=O)(=O)N(CC(=O)Nc1ccccc1SC)Cc1ccccc1. The number of nitrogens with zero attached hydrogens (tertiary/aromatic N) is 1. The van der Waals surface area contributed by atoms with Crippen LogP contribution in [0.4, 0.5) is 5.69 Å². The molecule has 3 aromatic carbocycles. The van der Waals surface area contributed by atoms with Gasteiger partial charge in [-0.3, -0.25) is 4.79 Å². The van der Waals surface area contributed by atoms with Crippen LogP contribution >= 0.6 is 23.4 Å². The van der Waals surface area contributed by atoms with E-state index < -0.39 is 15.9 Å². The monoisotopic (exact) mass is 490 g/mol. The number of para-hydroxylation sites is 1. The van der Waals surface area contributed by atoms with E-state index in [4.69, 9.17) is 16.3 Å². The van der Waals surface area contributed by atoms with Crippen LogP contribution in [-0.4, -0.2) is 38.5 Å². The van der Waals surface area contributed by atoms with E-state index in [2.05, 4.69) is 5.32 Å². The number of methoxy groups -OCH3 is 1. The summed E-state index contributed by atoms with van der Waals surface area (Å²) in [5, 5.41) is 3.07. The second-order valence-electron chi connectivity index (χ2n) is 6.80. The highest BCUT2D eigenvalue weighted by atomic mass is 35.5. The van der Waals surface area contributed by atoms with E-state index >= 15 is 0 Å². The third-order valence-corrected chi connectivity index (χ3v) is 7.49. The van der Waals surface area contributed by atoms with Gasteiger partial charge >= 0.3 is 0 Å². The molecule has 0 bridgehead atoms. The largest absolute Gasteiger partial charge is 0.495 e. The second-order valence-corrected chi connectivity index (χ2v) is 9.99. The highest BCUT2D eigenvalue weighted by molar-refractivity contribution is 7.98. The minimum Gasteiger partial charge on any atom is -0.495 e. The first-order valence-electron chi connectivity index (χ1n) is 9.65. The van der Waals surface area contributed by atoms with Crippen LogP contribution in [-0.2, 0) is 21.4 Å². The van der Waals surface area contributed by atoms with Crippen molar-refractivity contribution in [2.24, 2.45) is 0 Å². The Balaban J connectivity index is 1.95. The normalized spacial score (nSPS) is 11.4. The van der Waals surface area contributed by atoms with Gasteiger partial charge in [-0.25, -0.2) is 8.42 Å². The fourth-order valence-corrected chi connectivity index (χ4v) is 5.46. The Morgan fingerprint density at radius 3 is 2.44 bits per heavy atom. The number of thioether (sulfide) groups is 1. The van der Waals surface area contributed by atoms with Gasteiger partial charge in [0.2, 0.25) is 15.9 Å². The highest BCUT2D eigenvalue weighted by Gasteiger charge is 2.30. The number of halogens is 1. The number of carbonyl (C=O) groups is 1. The van der Waals surface area contributed by atoms with Crippen molar-refractivity contribution >= 4 is 45.0 Å². The van der Waals surface area contributed by atoms with Crippen molar-refractivity contribution in [2.45, 2.75) is 16.3 Å². The first-order chi connectivity index (χ1) is 15.3. The number of carbonyl (C=O) groups excluding carboxylic acids is 1. The lowest BCUT2D eigenvalue weighted by Crippen LogP contribution is -2.37. The Morgan fingerprint density at radius 1 is 1.06 bits per heavy atom. The van der Waals surface area contributed by atoms with Gasteiger partial charge in [-0.1, -0.05) is 54.1 Å². The summed E-state index contributed by atoms with van der Waals surface area (Å²) in [6.07, 6.45) is 1.91. The Hall–Kier alpha value is -2.52. The van der Waals surface area contributed by atoms with Crippen LogP contribution in [0.1, 0.15) is 5.56 Å². The maximum Gasteiger partial charge on any atom is 0.247 e. The molecule has 168 valence electrons. The summed E-state index contributed by atoms with van der Waals surface area (Å²) in [6.45, 7) is -0.369. The van der Waals surface area contributed by atoms with Gasteiger partial charge in [-0.15, -0.1) is 11.8 Å². The molecule has 1 N–H and O–H groups in total. The molecule has 0 fully saturated rings. The van der Waals surface area contributed by atoms with Crippen LogP contribution in [0, 0.1) is 0 Å². The van der Waals surface area contributed by atoms with Gasteiger partial charge in [0.15, 0.2) is 0 Å². The molecule has 0 spiro atoms. The molecule has 0 heterocycles. The molecule has 0 saturated heterocycles. The van der Waals surface area contributed by atoms with Gasteiger partial charge < -0.3 is 10.1 Å². The summed E-state index contributed by atoms with van der Waals surface area (Å²) in [5.74, 6) is -0.299. The summed E-state index contributed by atoms with van der Waals surface area (Å²) in [5.41, 5.74) is 1.37. The Kier molecular flexibility index (Phi) is 8.20. The van der Waals surface area contributed by atoms with E-state index in [0.29, 0.717) is 5.69 Å². The topological polar surface area (TPSA) is 75.7 Å². The van der Waals surface area contributed by atoms with E-state index in [-0.39, 0.29) is 28.8 Å². The van der Waals surface area contributed by atoms with Crippen LogP contribution < -0.4 is 10.1 Å². The number of nitrogens with one attached hydrogen (secondary N) is 1. The third-order valence-electron chi connectivity index (χ3n) is 4.65. The van der Waals surface area contributed by atoms with Crippen LogP contribution in [0.15, 0.2) is 82.6 Å². The molecule has 3 aromatic rings. The van der Waals surface area contributed by atoms with Crippen molar-refractivity contribution in [1.82, 2.24) is 4.31 Å². The lowest BCUT2D eigenvalue weighted by atomic mass is 10.2. The maximum absolute atomic E-state index is 13.6. The van der Waals surface area contributed by atoms with Crippen molar-refractivity contribution in [2.75, 3.05) is 25.2 Å². The molecular weight excluding hydrogens is 468 g/mol. The van der Waals surface area contributed by atoms with Crippen molar-refractivity contribution in [1.29, 1.82) is 0 Å². The zero-order valence-electron chi connectivity index (χ0n) is 17.6. The predicted octanol–water partition coefficient (Wildman–Crippen LogP) is 4.90. The van der Waals surface area contributed by atoms with Gasteiger partial charge in [-0.05, 0) is 42.2 Å². The van der Waals surface area contributed by atoms with Crippen molar-refractivity contribution in [3.8, 4) is 5.75 Å². The molecule has 0 radical (unpaired) electrons. The maximum atomic E-state index is 13.6. The van der Waals surface area contributed by atoms with Gasteiger partial charge in [0.25, 0.3) is 0 Å². The Morgan fingerprint density at radius 2 is 1.75 bits per heavy atom. The van der Waals surface area contributed by atoms with Gasteiger partial charge in [-0.2, -0.15) is 4.31 Å². The molecule has 6 nitrogen and oxygen atoms in total. The number of hydrogen-bond donors (Lipinski definition) is 1. The van der Waals surface area contributed by atoms with Crippen LogP contribution in [0.3, 0.4) is 0 Å². The number of hydrogen-bond acceptors (Lipinski definition) is 5. The first kappa shape index (κ1) is 24.1. The van der Waals surface area contributed by atoms with Crippen molar-refractivity contribution in [3.63, 3.8) is 0 Å². The van der Waals surface area contributed by atoms with Gasteiger partial charge in [0.05, 0.1) is 19.3 Å². The minimum atomic E-state index is -4.11. The zero-order valence-corrected chi connectivity index (χ0v) is 20.0. The summed E-state index contributed by atoms with van der Waals surface area (Å²) >= 11 is 7.56. The van der Waals surface area contributed by atoms with E-state index in [1.807, 2.05) is 42.7 Å². The summed E-state index contributed by atoms with van der Waals surface area (Å²) < 4.78 is 33.5. The van der Waals surface area contributed by atoms with Crippen LogP contribution in [0.5, 0.6) is 5.75 Å². The van der Waals surface area contributed by atoms with E-state index in [1.54, 1.807) is 24.3 Å². The summed E-state index contributed by atoms with van der Waals surface area (Å²) in [4.78, 5) is 13.7. The molecule has 0 aliphatic heterocycles. The number of rotatable bonds is 9. The lowest BCUT2D eigenvalue weighted by Gasteiger charge is -2.23. The second kappa shape index (κ2) is 10.9. The molecule has 9 heteroatoms. The average Bonchev–Trinajstić information content (AvgIpc) is 2.79. The van der Waals surface area contributed by atoms with Crippen LogP contribution in [0.2, 0.25) is 5.02 Å². The van der Waals surface area contributed by atoms with E-state index in [1.165, 1.54) is 31.0 Å². The predicted molar refractivity (Wildman–Crippen MR) is 129 cm³/mol. The quantitative estimate of drug-likeness (QED) is 0.432. The Bertz CT molecular complexity index is 1190. The Labute approximate surface area is 197 Å². The van der Waals surface area contributed by atoms with Crippen molar-refractivity contribution in [3.05, 3.63) is 83.4 Å². The van der Waals surface area contributed by atoms with Gasteiger partial charge in [0.1, 0.15) is 10.6 Å². The minimum absolute atomic E-state index is 0.0104. The number of amides is 1. The third kappa shape index (κ3) is 5.83. The fourth-order valence-electron chi connectivity index (χ4n) is 3.10. The van der Waals surface area contributed by atoms with E-state index in [9.17, 15) is 13.2 Å². The molecule has 0 atom stereocenters. The molecule has 3 rings (SSSR count). The number of ether oxygens (including phenoxy) is 1. The smallest absolute Gasteiger partial charge is 0.247 e. The molecule has 0 aliphatic carbocycles. The molecule has 1 amide bonds.